The largest absolute Gasteiger partial charge is 0.481 e. The van der Waals surface area contributed by atoms with E-state index < -0.39 is 5.97 Å². The van der Waals surface area contributed by atoms with E-state index in [0.717, 1.165) is 121 Å². The van der Waals surface area contributed by atoms with Gasteiger partial charge in [0.05, 0.1) is 17.3 Å². The van der Waals surface area contributed by atoms with Crippen LogP contribution in [0, 0.1) is 11.8 Å². The highest BCUT2D eigenvalue weighted by Crippen LogP contribution is 2.36. The Labute approximate surface area is 311 Å². The van der Waals surface area contributed by atoms with Gasteiger partial charge in [0.25, 0.3) is 11.8 Å². The minimum Gasteiger partial charge on any atom is -0.481 e. The van der Waals surface area contributed by atoms with E-state index in [1.54, 1.807) is 0 Å². The lowest BCUT2D eigenvalue weighted by atomic mass is 9.81. The smallest absolute Gasteiger partial charge is 0.306 e. The van der Waals surface area contributed by atoms with Gasteiger partial charge in [0, 0.05) is 82.4 Å². The van der Waals surface area contributed by atoms with Crippen molar-refractivity contribution in [1.29, 1.82) is 0 Å². The number of carboxylic acids is 1. The number of nitrogens with one attached hydrogen (secondary N) is 2. The predicted molar refractivity (Wildman–Crippen MR) is 205 cm³/mol. The Kier molecular flexibility index (Phi) is 10.5. The Morgan fingerprint density at radius 2 is 1.25 bits per heavy atom. The van der Waals surface area contributed by atoms with Crippen LogP contribution in [0.2, 0.25) is 0 Å². The Morgan fingerprint density at radius 1 is 0.736 bits per heavy atom. The molecule has 3 aliphatic rings. The number of nitrogens with zero attached hydrogens (tertiary/aromatic N) is 6. The van der Waals surface area contributed by atoms with E-state index in [4.69, 9.17) is 9.97 Å². The summed E-state index contributed by atoms with van der Waals surface area (Å²) in [5.74, 6) is -0.0334. The summed E-state index contributed by atoms with van der Waals surface area (Å²) in [4.78, 5) is 53.1. The van der Waals surface area contributed by atoms with Crippen LogP contribution in [0.1, 0.15) is 94.7 Å². The van der Waals surface area contributed by atoms with Gasteiger partial charge in [-0.3, -0.25) is 19.3 Å². The van der Waals surface area contributed by atoms with Crippen molar-refractivity contribution in [2.45, 2.75) is 78.3 Å². The first-order valence-electron chi connectivity index (χ1n) is 19.2. The Bertz CT molecular complexity index is 2040. The normalized spacial score (nSPS) is 19.0. The number of carbonyl (C=O) groups excluding carboxylic acids is 2. The Morgan fingerprint density at radius 3 is 1.75 bits per heavy atom. The summed E-state index contributed by atoms with van der Waals surface area (Å²) in [5, 5.41) is 15.7. The van der Waals surface area contributed by atoms with Crippen LogP contribution in [0.15, 0.2) is 36.4 Å². The highest BCUT2D eigenvalue weighted by molar-refractivity contribution is 6.04. The van der Waals surface area contributed by atoms with Crippen LogP contribution in [0.4, 0.5) is 11.4 Å². The zero-order chi connectivity index (χ0) is 37.4. The van der Waals surface area contributed by atoms with Crippen molar-refractivity contribution < 1.29 is 19.5 Å². The number of fused-ring (bicyclic) bond motifs is 2. The Hall–Kier alpha value is -4.81. The summed E-state index contributed by atoms with van der Waals surface area (Å²) >= 11 is 0. The van der Waals surface area contributed by atoms with Crippen molar-refractivity contribution in [3.63, 3.8) is 0 Å². The maximum Gasteiger partial charge on any atom is 0.306 e. The summed E-state index contributed by atoms with van der Waals surface area (Å²) in [7, 11) is 5.91. The molecule has 0 radical (unpaired) electrons. The minimum atomic E-state index is -0.670. The van der Waals surface area contributed by atoms with Crippen LogP contribution in [0.25, 0.3) is 11.1 Å². The number of aliphatic carboxylic acids is 1. The molecule has 2 aliphatic heterocycles. The number of amides is 2. The van der Waals surface area contributed by atoms with Crippen LogP contribution < -0.4 is 10.6 Å². The molecule has 0 saturated heterocycles. The zero-order valence-electron chi connectivity index (χ0n) is 31.7. The van der Waals surface area contributed by atoms with Gasteiger partial charge in [-0.05, 0) is 85.9 Å². The van der Waals surface area contributed by atoms with Crippen LogP contribution in [-0.2, 0) is 57.7 Å². The molecule has 280 valence electrons. The van der Waals surface area contributed by atoms with Crippen molar-refractivity contribution in [1.82, 2.24) is 28.9 Å². The van der Waals surface area contributed by atoms with Gasteiger partial charge in [-0.25, -0.2) is 9.97 Å². The van der Waals surface area contributed by atoms with Gasteiger partial charge in [0.2, 0.25) is 0 Å². The lowest BCUT2D eigenvalue weighted by Gasteiger charge is -2.33. The van der Waals surface area contributed by atoms with Crippen LogP contribution >= 0.6 is 0 Å². The molecule has 12 nitrogen and oxygen atoms in total. The molecular weight excluding hydrogens is 669 g/mol. The predicted octanol–water partition coefficient (Wildman–Crippen LogP) is 5.69. The van der Waals surface area contributed by atoms with Crippen LogP contribution in [-0.4, -0.2) is 78.5 Å². The third-order valence-electron chi connectivity index (χ3n) is 11.7. The third kappa shape index (κ3) is 7.26. The van der Waals surface area contributed by atoms with E-state index in [-0.39, 0.29) is 17.7 Å². The van der Waals surface area contributed by atoms with Crippen molar-refractivity contribution in [3.05, 3.63) is 81.9 Å². The van der Waals surface area contributed by atoms with Gasteiger partial charge >= 0.3 is 5.97 Å². The number of carbonyl (C=O) groups is 3. The van der Waals surface area contributed by atoms with Crippen molar-refractivity contribution in [2.24, 2.45) is 25.9 Å². The molecule has 3 N–H and O–H groups in total. The van der Waals surface area contributed by atoms with Gasteiger partial charge in [-0.2, -0.15) is 0 Å². The summed E-state index contributed by atoms with van der Waals surface area (Å²) in [5.41, 5.74) is 9.68. The fourth-order valence-corrected chi connectivity index (χ4v) is 8.79. The number of carboxylic acid groups (broad SMARTS) is 1. The number of likely N-dealkylation sites (N-methyl/N-ethyl adjacent to an activating group) is 1. The van der Waals surface area contributed by atoms with Crippen LogP contribution in [0.3, 0.4) is 0 Å². The second-order valence-corrected chi connectivity index (χ2v) is 15.1. The Balaban J connectivity index is 1.08. The third-order valence-corrected chi connectivity index (χ3v) is 11.7. The minimum absolute atomic E-state index is 0.206. The average molecular weight is 721 g/mol. The second-order valence-electron chi connectivity index (χ2n) is 15.1. The molecule has 2 aromatic carbocycles. The van der Waals surface area contributed by atoms with E-state index in [9.17, 15) is 19.5 Å². The molecule has 7 rings (SSSR count). The molecule has 1 fully saturated rings. The molecule has 0 spiro atoms. The number of rotatable bonds is 10. The average Bonchev–Trinajstić information content (AvgIpc) is 3.66. The molecule has 0 atom stereocenters. The van der Waals surface area contributed by atoms with Gasteiger partial charge < -0.3 is 29.8 Å². The fourth-order valence-electron chi connectivity index (χ4n) is 8.79. The molecule has 4 aromatic rings. The molecule has 4 heterocycles. The summed E-state index contributed by atoms with van der Waals surface area (Å²) < 4.78 is 3.87. The highest BCUT2D eigenvalue weighted by Gasteiger charge is 2.31. The molecule has 53 heavy (non-hydrogen) atoms. The van der Waals surface area contributed by atoms with E-state index >= 15 is 0 Å². The number of benzene rings is 2. The monoisotopic (exact) mass is 720 g/mol. The summed E-state index contributed by atoms with van der Waals surface area (Å²) in [6.45, 7) is 8.39. The van der Waals surface area contributed by atoms with Gasteiger partial charge in [0.15, 0.2) is 11.6 Å². The van der Waals surface area contributed by atoms with Crippen molar-refractivity contribution >= 4 is 29.2 Å². The van der Waals surface area contributed by atoms with Gasteiger partial charge in [-0.1, -0.05) is 38.1 Å². The molecule has 1 aliphatic carbocycles. The van der Waals surface area contributed by atoms with E-state index in [0.29, 0.717) is 37.0 Å². The zero-order valence-corrected chi connectivity index (χ0v) is 31.7. The topological polar surface area (TPSA) is 138 Å². The first-order chi connectivity index (χ1) is 25.6. The van der Waals surface area contributed by atoms with Gasteiger partial charge in [0.1, 0.15) is 0 Å². The quantitative estimate of drug-likeness (QED) is 0.190. The number of hydrogen-bond acceptors (Lipinski definition) is 7. The SMILES string of the molecule is CCc1c(NC(=O)c2nc3c(n2C)CCN(C)C3)cccc1-c1cccc(NC(=O)c2nc3c(n2C)CCN(C[C@H]2CC[C@H](C(=O)O)CC2)C3)c1CC. The van der Waals surface area contributed by atoms with Crippen molar-refractivity contribution in [3.8, 4) is 11.1 Å². The number of aromatic nitrogens is 4. The van der Waals surface area contributed by atoms with E-state index in [1.807, 2.05) is 47.5 Å². The lowest BCUT2D eigenvalue weighted by Crippen LogP contribution is -2.36. The first-order valence-corrected chi connectivity index (χ1v) is 19.2. The van der Waals surface area contributed by atoms with E-state index in [2.05, 4.69) is 53.5 Å². The van der Waals surface area contributed by atoms with Crippen molar-refractivity contribution in [2.75, 3.05) is 37.3 Å². The standard InChI is InChI=1S/C41H52N8O4/c1-6-27-29(10-8-12-31(27)44-39(50)37-42-33-23-46(3)20-18-35(33)47(37)4)30-11-9-13-32(28(30)7-2)45-40(51)38-43-34-24-49(21-19-36(34)48(38)5)22-25-14-16-26(17-15-25)41(52)53/h8-13,25-26H,6-7,14-24H2,1-5H3,(H,44,50)(H,45,51)(H,52,53)/t25-,26-. The fraction of sp³-hybridized carbons (Fsp3) is 0.488. The first kappa shape index (κ1) is 36.5. The molecule has 12 heteroatoms. The second kappa shape index (κ2) is 15.3. The molecular formula is C41H52N8O4. The molecule has 0 unspecified atom stereocenters. The summed E-state index contributed by atoms with van der Waals surface area (Å²) in [6.07, 6.45) is 6.47. The maximum atomic E-state index is 13.9. The molecule has 0 bridgehead atoms. The molecule has 1 saturated carbocycles. The van der Waals surface area contributed by atoms with E-state index in [1.165, 1.54) is 0 Å². The van der Waals surface area contributed by atoms with Gasteiger partial charge in [-0.15, -0.1) is 0 Å². The molecule has 2 aromatic heterocycles. The number of hydrogen-bond donors (Lipinski definition) is 3. The number of imidazole rings is 2. The van der Waals surface area contributed by atoms with Crippen LogP contribution in [0.5, 0.6) is 0 Å². The highest BCUT2D eigenvalue weighted by atomic mass is 16.4. The number of anilines is 2. The lowest BCUT2D eigenvalue weighted by molar-refractivity contribution is -0.143. The molecule has 2 amide bonds. The summed E-state index contributed by atoms with van der Waals surface area (Å²) in [6, 6.07) is 12.0. The maximum absolute atomic E-state index is 13.9.